The van der Waals surface area contributed by atoms with E-state index in [1.807, 2.05) is 24.3 Å². The number of nitrogens with two attached hydrogens (primary N) is 1. The van der Waals surface area contributed by atoms with E-state index < -0.39 is 0 Å². The molecule has 0 spiro atoms. The third-order valence-electron chi connectivity index (χ3n) is 2.47. The molecule has 2 N–H and O–H groups in total. The van der Waals surface area contributed by atoms with Crippen molar-refractivity contribution in [2.45, 2.75) is 13.0 Å². The molecule has 0 amide bonds. The van der Waals surface area contributed by atoms with Crippen molar-refractivity contribution < 1.29 is 4.74 Å². The van der Waals surface area contributed by atoms with Gasteiger partial charge in [0.15, 0.2) is 0 Å². The maximum absolute atomic E-state index is 5.95. The van der Waals surface area contributed by atoms with Crippen LogP contribution in [-0.4, -0.2) is 17.1 Å². The Morgan fingerprint density at radius 2 is 2.11 bits per heavy atom. The number of ether oxygens (including phenoxy) is 1. The highest BCUT2D eigenvalue weighted by Gasteiger charge is 2.05. The molecule has 1 heterocycles. The molecular weight excluding hydrogens is 250 g/mol. The van der Waals surface area contributed by atoms with Crippen LogP contribution in [0.5, 0.6) is 5.88 Å². The lowest BCUT2D eigenvalue weighted by Gasteiger charge is -2.06. The normalized spacial score (nSPS) is 10.4. The third kappa shape index (κ3) is 3.18. The van der Waals surface area contributed by atoms with Gasteiger partial charge in [0.05, 0.1) is 19.3 Å². The SMILES string of the molecule is COc1cc(Cc2cccc(Cl)c2)nc(CN)n1. The molecule has 2 rings (SSSR count). The molecule has 94 valence electrons. The largest absolute Gasteiger partial charge is 0.481 e. The van der Waals surface area contributed by atoms with Gasteiger partial charge in [0.25, 0.3) is 0 Å². The highest BCUT2D eigenvalue weighted by Crippen LogP contribution is 2.16. The summed E-state index contributed by atoms with van der Waals surface area (Å²) in [5.74, 6) is 1.11. The number of hydrogen-bond donors (Lipinski definition) is 1. The summed E-state index contributed by atoms with van der Waals surface area (Å²) >= 11 is 5.95. The lowest BCUT2D eigenvalue weighted by atomic mass is 10.1. The van der Waals surface area contributed by atoms with Gasteiger partial charge in [-0.05, 0) is 17.7 Å². The Balaban J connectivity index is 2.28. The van der Waals surface area contributed by atoms with E-state index in [4.69, 9.17) is 22.1 Å². The molecule has 0 aliphatic rings. The molecule has 1 aromatic carbocycles. The van der Waals surface area contributed by atoms with Crippen LogP contribution in [-0.2, 0) is 13.0 Å². The highest BCUT2D eigenvalue weighted by atomic mass is 35.5. The van der Waals surface area contributed by atoms with Gasteiger partial charge in [0.1, 0.15) is 5.82 Å². The summed E-state index contributed by atoms with van der Waals surface area (Å²) in [5.41, 5.74) is 7.51. The highest BCUT2D eigenvalue weighted by molar-refractivity contribution is 6.30. The van der Waals surface area contributed by atoms with Gasteiger partial charge in [-0.2, -0.15) is 4.98 Å². The van der Waals surface area contributed by atoms with Crippen molar-refractivity contribution >= 4 is 11.6 Å². The first-order valence-electron chi connectivity index (χ1n) is 5.56. The molecule has 0 radical (unpaired) electrons. The number of halogens is 1. The van der Waals surface area contributed by atoms with Crippen molar-refractivity contribution in [2.75, 3.05) is 7.11 Å². The van der Waals surface area contributed by atoms with Crippen LogP contribution in [0.2, 0.25) is 5.02 Å². The van der Waals surface area contributed by atoms with Gasteiger partial charge in [0, 0.05) is 17.5 Å². The van der Waals surface area contributed by atoms with Gasteiger partial charge in [-0.25, -0.2) is 4.98 Å². The monoisotopic (exact) mass is 263 g/mol. The lowest BCUT2D eigenvalue weighted by molar-refractivity contribution is 0.394. The maximum Gasteiger partial charge on any atom is 0.216 e. The van der Waals surface area contributed by atoms with Crippen LogP contribution in [0.4, 0.5) is 0 Å². The van der Waals surface area contributed by atoms with Crippen LogP contribution >= 0.6 is 11.6 Å². The zero-order chi connectivity index (χ0) is 13.0. The molecule has 0 saturated heterocycles. The molecule has 0 aliphatic heterocycles. The van der Waals surface area contributed by atoms with Crippen LogP contribution in [0.1, 0.15) is 17.1 Å². The number of nitrogens with zero attached hydrogens (tertiary/aromatic N) is 2. The van der Waals surface area contributed by atoms with Crippen LogP contribution in [0.25, 0.3) is 0 Å². The Morgan fingerprint density at radius 3 is 2.78 bits per heavy atom. The fourth-order valence-corrected chi connectivity index (χ4v) is 1.88. The molecule has 0 atom stereocenters. The summed E-state index contributed by atoms with van der Waals surface area (Å²) in [6.07, 6.45) is 0.673. The van der Waals surface area contributed by atoms with Gasteiger partial charge in [-0.1, -0.05) is 23.7 Å². The quantitative estimate of drug-likeness (QED) is 0.919. The molecule has 0 bridgehead atoms. The standard InChI is InChI=1S/C13H14ClN3O/c1-18-13-7-11(16-12(8-15)17-13)6-9-3-2-4-10(14)5-9/h2-5,7H,6,8,15H2,1H3. The Labute approximate surface area is 111 Å². The van der Waals surface area contributed by atoms with Crippen molar-refractivity contribution in [1.29, 1.82) is 0 Å². The van der Waals surface area contributed by atoms with Crippen LogP contribution < -0.4 is 10.5 Å². The Kier molecular flexibility index (Phi) is 4.12. The van der Waals surface area contributed by atoms with Crippen molar-refractivity contribution in [3.05, 3.63) is 52.4 Å². The van der Waals surface area contributed by atoms with E-state index in [0.29, 0.717) is 29.7 Å². The Morgan fingerprint density at radius 1 is 1.28 bits per heavy atom. The predicted molar refractivity (Wildman–Crippen MR) is 70.7 cm³/mol. The van der Waals surface area contributed by atoms with Crippen LogP contribution in [0.15, 0.2) is 30.3 Å². The average Bonchev–Trinajstić information content (AvgIpc) is 2.38. The second kappa shape index (κ2) is 5.80. The van der Waals surface area contributed by atoms with E-state index in [-0.39, 0.29) is 0 Å². The molecule has 0 fully saturated rings. The van der Waals surface area contributed by atoms with Crippen molar-refractivity contribution in [3.63, 3.8) is 0 Å². The smallest absolute Gasteiger partial charge is 0.216 e. The van der Waals surface area contributed by atoms with Gasteiger partial charge >= 0.3 is 0 Å². The number of aromatic nitrogens is 2. The van der Waals surface area contributed by atoms with Gasteiger partial charge in [-0.15, -0.1) is 0 Å². The minimum atomic E-state index is 0.291. The predicted octanol–water partition coefficient (Wildman–Crippen LogP) is 2.19. The molecule has 0 saturated carbocycles. The van der Waals surface area contributed by atoms with Crippen LogP contribution in [0.3, 0.4) is 0 Å². The number of methoxy groups -OCH3 is 1. The van der Waals surface area contributed by atoms with Crippen LogP contribution in [0, 0.1) is 0 Å². The van der Waals surface area contributed by atoms with Gasteiger partial charge < -0.3 is 10.5 Å². The summed E-state index contributed by atoms with van der Waals surface area (Å²) < 4.78 is 5.13. The first-order valence-corrected chi connectivity index (χ1v) is 5.94. The second-order valence-corrected chi connectivity index (χ2v) is 4.27. The summed E-state index contributed by atoms with van der Waals surface area (Å²) in [7, 11) is 1.58. The zero-order valence-electron chi connectivity index (χ0n) is 10.1. The average molecular weight is 264 g/mol. The van der Waals surface area contributed by atoms with Crippen molar-refractivity contribution in [1.82, 2.24) is 9.97 Å². The van der Waals surface area contributed by atoms with E-state index in [9.17, 15) is 0 Å². The Hall–Kier alpha value is -1.65. The van der Waals surface area contributed by atoms with E-state index in [1.54, 1.807) is 13.2 Å². The summed E-state index contributed by atoms with van der Waals surface area (Å²) in [4.78, 5) is 8.51. The molecular formula is C13H14ClN3O. The summed E-state index contributed by atoms with van der Waals surface area (Å²) in [6.45, 7) is 0.291. The van der Waals surface area contributed by atoms with Crippen molar-refractivity contribution in [3.8, 4) is 5.88 Å². The van der Waals surface area contributed by atoms with E-state index in [1.165, 1.54) is 0 Å². The van der Waals surface area contributed by atoms with E-state index in [0.717, 1.165) is 11.3 Å². The molecule has 18 heavy (non-hydrogen) atoms. The Bertz CT molecular complexity index is 523. The number of rotatable bonds is 4. The summed E-state index contributed by atoms with van der Waals surface area (Å²) in [6, 6.07) is 9.48. The number of benzene rings is 1. The lowest BCUT2D eigenvalue weighted by Crippen LogP contribution is -2.07. The molecule has 2 aromatic rings. The van der Waals surface area contributed by atoms with Gasteiger partial charge in [-0.3, -0.25) is 0 Å². The third-order valence-corrected chi connectivity index (χ3v) is 2.70. The van der Waals surface area contributed by atoms with Gasteiger partial charge in [0.2, 0.25) is 5.88 Å². The van der Waals surface area contributed by atoms with Crippen molar-refractivity contribution in [2.24, 2.45) is 5.73 Å². The molecule has 0 unspecified atom stereocenters. The second-order valence-electron chi connectivity index (χ2n) is 3.83. The minimum absolute atomic E-state index is 0.291. The fourth-order valence-electron chi connectivity index (χ4n) is 1.67. The molecule has 1 aromatic heterocycles. The topological polar surface area (TPSA) is 61.0 Å². The number of hydrogen-bond acceptors (Lipinski definition) is 4. The summed E-state index contributed by atoms with van der Waals surface area (Å²) in [5, 5.41) is 0.715. The molecule has 4 nitrogen and oxygen atoms in total. The fraction of sp³-hybridized carbons (Fsp3) is 0.231. The first kappa shape index (κ1) is 12.8. The minimum Gasteiger partial charge on any atom is -0.481 e. The molecule has 5 heteroatoms. The van der Waals surface area contributed by atoms with E-state index >= 15 is 0 Å². The zero-order valence-corrected chi connectivity index (χ0v) is 10.8. The van der Waals surface area contributed by atoms with E-state index in [2.05, 4.69) is 9.97 Å². The first-order chi connectivity index (χ1) is 8.71. The maximum atomic E-state index is 5.95. The molecule has 0 aliphatic carbocycles.